The smallest absolute Gasteiger partial charge is 0.0574 e. The molecule has 0 bridgehead atoms. The van der Waals surface area contributed by atoms with Gasteiger partial charge < -0.3 is 5.32 Å². The fraction of sp³-hybridized carbons (Fsp3) is 0.538. The molecule has 1 fully saturated rings. The SMILES string of the molecule is O=S(CCC1CCCNC1)c1ccccc1Cl. The first-order valence-electron chi connectivity index (χ1n) is 6.11. The van der Waals surface area contributed by atoms with E-state index >= 15 is 0 Å². The van der Waals surface area contributed by atoms with Gasteiger partial charge in [0.25, 0.3) is 0 Å². The van der Waals surface area contributed by atoms with Gasteiger partial charge in [0.1, 0.15) is 0 Å². The lowest BCUT2D eigenvalue weighted by Gasteiger charge is -2.22. The lowest BCUT2D eigenvalue weighted by molar-refractivity contribution is 0.370. The molecule has 2 atom stereocenters. The lowest BCUT2D eigenvalue weighted by atomic mass is 9.97. The Bertz CT molecular complexity index is 391. The Morgan fingerprint density at radius 2 is 2.24 bits per heavy atom. The van der Waals surface area contributed by atoms with Gasteiger partial charge in [0, 0.05) is 5.75 Å². The Labute approximate surface area is 110 Å². The van der Waals surface area contributed by atoms with Gasteiger partial charge in [-0.2, -0.15) is 0 Å². The number of benzene rings is 1. The minimum atomic E-state index is -0.956. The lowest BCUT2D eigenvalue weighted by Crippen LogP contribution is -2.30. The highest BCUT2D eigenvalue weighted by atomic mass is 35.5. The average Bonchev–Trinajstić information content (AvgIpc) is 2.38. The van der Waals surface area contributed by atoms with E-state index in [1.165, 1.54) is 12.8 Å². The molecule has 1 saturated heterocycles. The van der Waals surface area contributed by atoms with Crippen molar-refractivity contribution < 1.29 is 4.21 Å². The van der Waals surface area contributed by atoms with E-state index in [9.17, 15) is 4.21 Å². The number of nitrogens with one attached hydrogen (secondary N) is 1. The number of hydrogen-bond acceptors (Lipinski definition) is 2. The zero-order valence-corrected chi connectivity index (χ0v) is 11.4. The number of rotatable bonds is 4. The Balaban J connectivity index is 1.87. The maximum absolute atomic E-state index is 12.1. The predicted molar refractivity (Wildman–Crippen MR) is 72.9 cm³/mol. The van der Waals surface area contributed by atoms with E-state index in [1.54, 1.807) is 6.07 Å². The molecule has 0 radical (unpaired) electrons. The van der Waals surface area contributed by atoms with Crippen LogP contribution in [0.25, 0.3) is 0 Å². The minimum absolute atomic E-state index is 0.618. The third-order valence-corrected chi connectivity index (χ3v) is 5.09. The van der Waals surface area contributed by atoms with Crippen LogP contribution in [-0.4, -0.2) is 23.1 Å². The van der Waals surface area contributed by atoms with Crippen molar-refractivity contribution in [2.24, 2.45) is 5.92 Å². The van der Waals surface area contributed by atoms with E-state index < -0.39 is 10.8 Å². The van der Waals surface area contributed by atoms with E-state index in [4.69, 9.17) is 11.6 Å². The van der Waals surface area contributed by atoms with Crippen molar-refractivity contribution in [3.8, 4) is 0 Å². The Kier molecular flexibility index (Phi) is 5.01. The van der Waals surface area contributed by atoms with E-state index in [2.05, 4.69) is 5.32 Å². The topological polar surface area (TPSA) is 29.1 Å². The summed E-state index contributed by atoms with van der Waals surface area (Å²) in [7, 11) is -0.956. The Morgan fingerprint density at radius 3 is 2.94 bits per heavy atom. The first-order chi connectivity index (χ1) is 8.27. The molecule has 1 aromatic carbocycles. The van der Waals surface area contributed by atoms with Crippen LogP contribution in [0.1, 0.15) is 19.3 Å². The van der Waals surface area contributed by atoms with Gasteiger partial charge in [-0.1, -0.05) is 23.7 Å². The number of halogens is 1. The summed E-state index contributed by atoms with van der Waals surface area (Å²) in [5.41, 5.74) is 0. The molecule has 1 aliphatic rings. The van der Waals surface area contributed by atoms with Crippen LogP contribution < -0.4 is 5.32 Å². The van der Waals surface area contributed by atoms with E-state index in [0.717, 1.165) is 30.2 Å². The van der Waals surface area contributed by atoms with Crippen LogP contribution >= 0.6 is 11.6 Å². The van der Waals surface area contributed by atoms with Crippen LogP contribution in [0.2, 0.25) is 5.02 Å². The van der Waals surface area contributed by atoms with Gasteiger partial charge in [-0.05, 0) is 50.4 Å². The summed E-state index contributed by atoms with van der Waals surface area (Å²) in [4.78, 5) is 0.776. The second-order valence-electron chi connectivity index (χ2n) is 4.48. The van der Waals surface area contributed by atoms with Crippen LogP contribution in [-0.2, 0) is 10.8 Å². The van der Waals surface area contributed by atoms with Crippen molar-refractivity contribution in [3.05, 3.63) is 29.3 Å². The Morgan fingerprint density at radius 1 is 1.41 bits per heavy atom. The molecule has 1 aromatic rings. The molecule has 0 aromatic heterocycles. The standard InChI is InChI=1S/C13H18ClNOS/c14-12-5-1-2-6-13(12)17(16)9-7-11-4-3-8-15-10-11/h1-2,5-6,11,15H,3-4,7-10H2. The summed E-state index contributed by atoms with van der Waals surface area (Å²) < 4.78 is 12.1. The van der Waals surface area contributed by atoms with E-state index in [-0.39, 0.29) is 0 Å². The van der Waals surface area contributed by atoms with Crippen LogP contribution in [0.3, 0.4) is 0 Å². The molecule has 94 valence electrons. The van der Waals surface area contributed by atoms with Crippen molar-refractivity contribution in [1.82, 2.24) is 5.32 Å². The number of piperidine rings is 1. The maximum atomic E-state index is 12.1. The molecule has 0 saturated carbocycles. The highest BCUT2D eigenvalue weighted by Gasteiger charge is 2.15. The summed E-state index contributed by atoms with van der Waals surface area (Å²) in [6.07, 6.45) is 3.51. The van der Waals surface area contributed by atoms with Gasteiger partial charge in [0.15, 0.2) is 0 Å². The van der Waals surface area contributed by atoms with Crippen molar-refractivity contribution in [3.63, 3.8) is 0 Å². The van der Waals surface area contributed by atoms with Gasteiger partial charge in [0.2, 0.25) is 0 Å². The van der Waals surface area contributed by atoms with Gasteiger partial charge in [-0.3, -0.25) is 4.21 Å². The van der Waals surface area contributed by atoms with Crippen LogP contribution in [0, 0.1) is 5.92 Å². The van der Waals surface area contributed by atoms with Crippen molar-refractivity contribution in [2.45, 2.75) is 24.2 Å². The molecule has 1 heterocycles. The molecular weight excluding hydrogens is 254 g/mol. The zero-order valence-electron chi connectivity index (χ0n) is 9.82. The second-order valence-corrected chi connectivity index (χ2v) is 6.43. The van der Waals surface area contributed by atoms with Crippen molar-refractivity contribution >= 4 is 22.4 Å². The monoisotopic (exact) mass is 271 g/mol. The predicted octanol–water partition coefficient (Wildman–Crippen LogP) is 2.84. The van der Waals surface area contributed by atoms with Gasteiger partial charge in [-0.15, -0.1) is 0 Å². The molecule has 4 heteroatoms. The summed E-state index contributed by atoms with van der Waals surface area (Å²) in [5.74, 6) is 1.39. The normalized spacial score (nSPS) is 22.3. The molecule has 17 heavy (non-hydrogen) atoms. The quantitative estimate of drug-likeness (QED) is 0.912. The van der Waals surface area contributed by atoms with Crippen molar-refractivity contribution in [2.75, 3.05) is 18.8 Å². The molecule has 1 aliphatic heterocycles. The molecule has 0 aliphatic carbocycles. The largest absolute Gasteiger partial charge is 0.316 e. The third kappa shape index (κ3) is 3.80. The van der Waals surface area contributed by atoms with Crippen LogP contribution in [0.5, 0.6) is 0 Å². The van der Waals surface area contributed by atoms with Gasteiger partial charge in [0.05, 0.1) is 20.7 Å². The fourth-order valence-electron chi connectivity index (χ4n) is 2.18. The summed E-state index contributed by atoms with van der Waals surface area (Å²) in [6, 6.07) is 7.42. The molecule has 2 nitrogen and oxygen atoms in total. The Hall–Kier alpha value is -0.380. The first-order valence-corrected chi connectivity index (χ1v) is 7.80. The minimum Gasteiger partial charge on any atom is -0.316 e. The van der Waals surface area contributed by atoms with Crippen LogP contribution in [0.15, 0.2) is 29.2 Å². The molecule has 2 rings (SSSR count). The van der Waals surface area contributed by atoms with Crippen molar-refractivity contribution in [1.29, 1.82) is 0 Å². The summed E-state index contributed by atoms with van der Waals surface area (Å²) in [5, 5.41) is 4.00. The maximum Gasteiger partial charge on any atom is 0.0574 e. The van der Waals surface area contributed by atoms with Crippen LogP contribution in [0.4, 0.5) is 0 Å². The van der Waals surface area contributed by atoms with E-state index in [1.807, 2.05) is 18.2 Å². The molecular formula is C13H18ClNOS. The fourth-order valence-corrected chi connectivity index (χ4v) is 3.86. The summed E-state index contributed by atoms with van der Waals surface area (Å²) >= 11 is 6.04. The average molecular weight is 272 g/mol. The highest BCUT2D eigenvalue weighted by Crippen LogP contribution is 2.21. The molecule has 1 N–H and O–H groups in total. The summed E-state index contributed by atoms with van der Waals surface area (Å²) in [6.45, 7) is 2.20. The first kappa shape index (κ1) is 13.1. The zero-order chi connectivity index (χ0) is 12.1. The van der Waals surface area contributed by atoms with E-state index in [0.29, 0.717) is 10.9 Å². The third-order valence-electron chi connectivity index (χ3n) is 3.19. The molecule has 0 amide bonds. The molecule has 2 unspecified atom stereocenters. The molecule has 0 spiro atoms. The van der Waals surface area contributed by atoms with Gasteiger partial charge in [-0.25, -0.2) is 0 Å². The number of hydrogen-bond donors (Lipinski definition) is 1. The second kappa shape index (κ2) is 6.53. The highest BCUT2D eigenvalue weighted by molar-refractivity contribution is 7.85. The van der Waals surface area contributed by atoms with Gasteiger partial charge >= 0.3 is 0 Å².